The fourth-order valence-electron chi connectivity index (χ4n) is 0.478. The second kappa shape index (κ2) is 7.10. The van der Waals surface area contributed by atoms with E-state index >= 15 is 0 Å². The van der Waals surface area contributed by atoms with Gasteiger partial charge >= 0.3 is 57.4 Å². The van der Waals surface area contributed by atoms with Crippen molar-refractivity contribution in [3.63, 3.8) is 0 Å². The van der Waals surface area contributed by atoms with Gasteiger partial charge in [0.1, 0.15) is 0 Å². The van der Waals surface area contributed by atoms with E-state index in [0.29, 0.717) is 0 Å². The van der Waals surface area contributed by atoms with Crippen molar-refractivity contribution in [2.24, 2.45) is 0 Å². The van der Waals surface area contributed by atoms with Crippen molar-refractivity contribution in [1.29, 1.82) is 0 Å². The van der Waals surface area contributed by atoms with Gasteiger partial charge in [-0.05, 0) is 6.92 Å². The van der Waals surface area contributed by atoms with Gasteiger partial charge in [-0.15, -0.1) is 0 Å². The summed E-state index contributed by atoms with van der Waals surface area (Å²) < 4.78 is 35.1. The maximum atomic E-state index is 10.6. The maximum absolute atomic E-state index is 10.6. The van der Waals surface area contributed by atoms with E-state index < -0.39 is 27.8 Å². The Kier molecular flexibility index (Phi) is 8.85. The number of rotatable bonds is 4. The van der Waals surface area contributed by atoms with Crippen LogP contribution >= 0.6 is 0 Å². The first-order valence-corrected chi connectivity index (χ1v) is 4.60. The Balaban J connectivity index is 0. The molecule has 0 aromatic heterocycles. The van der Waals surface area contributed by atoms with Gasteiger partial charge in [-0.25, -0.2) is 8.42 Å². The summed E-state index contributed by atoms with van der Waals surface area (Å²) in [5, 5.41) is -1.26. The predicted molar refractivity (Wildman–Crippen MR) is 40.1 cm³/mol. The zero-order chi connectivity index (χ0) is 9.78. The number of carbonyl (C=O) groups is 1. The number of esters is 1. The average molecular weight is 232 g/mol. The largest absolute Gasteiger partial charge is 1.00 e. The van der Waals surface area contributed by atoms with Gasteiger partial charge in [-0.1, -0.05) is 6.58 Å². The second-order valence-electron chi connectivity index (χ2n) is 2.16. The average Bonchev–Trinajstić information content (AvgIpc) is 1.85. The first-order chi connectivity index (χ1) is 5.38. The van der Waals surface area contributed by atoms with Crippen LogP contribution in [0.15, 0.2) is 12.8 Å². The molecule has 0 saturated carbocycles. The standard InChI is InChI=1S/C6H10O5S.K/c1-3-11-6(7)4-5(2)12(8,9)10;/h3,5H,1,4H2,2H3,(H,8,9,10);/q;+1/p-1. The zero-order valence-corrected chi connectivity index (χ0v) is 11.5. The third-order valence-electron chi connectivity index (χ3n) is 1.16. The van der Waals surface area contributed by atoms with Crippen molar-refractivity contribution in [2.45, 2.75) is 18.6 Å². The maximum Gasteiger partial charge on any atom is 1.00 e. The van der Waals surface area contributed by atoms with Gasteiger partial charge in [0.2, 0.25) is 0 Å². The Bertz CT molecular complexity index is 271. The van der Waals surface area contributed by atoms with Crippen LogP contribution < -0.4 is 51.4 Å². The monoisotopic (exact) mass is 232 g/mol. The van der Waals surface area contributed by atoms with E-state index in [4.69, 9.17) is 0 Å². The van der Waals surface area contributed by atoms with Crippen molar-refractivity contribution in [3.05, 3.63) is 12.8 Å². The molecule has 0 aliphatic heterocycles. The van der Waals surface area contributed by atoms with Crippen molar-refractivity contribution >= 4 is 16.1 Å². The molecule has 0 amide bonds. The van der Waals surface area contributed by atoms with Gasteiger partial charge in [0.05, 0.1) is 28.1 Å². The van der Waals surface area contributed by atoms with Gasteiger partial charge < -0.3 is 9.29 Å². The summed E-state index contributed by atoms with van der Waals surface area (Å²) >= 11 is 0. The van der Waals surface area contributed by atoms with E-state index in [-0.39, 0.29) is 51.4 Å². The molecule has 0 fully saturated rings. The van der Waals surface area contributed by atoms with Gasteiger partial charge in [0.25, 0.3) is 0 Å². The van der Waals surface area contributed by atoms with E-state index in [1.165, 1.54) is 0 Å². The van der Waals surface area contributed by atoms with E-state index in [9.17, 15) is 17.8 Å². The van der Waals surface area contributed by atoms with E-state index in [0.717, 1.165) is 13.2 Å². The van der Waals surface area contributed by atoms with E-state index in [1.807, 2.05) is 0 Å². The molecule has 0 bridgehead atoms. The van der Waals surface area contributed by atoms with Crippen LogP contribution in [0.1, 0.15) is 13.3 Å². The summed E-state index contributed by atoms with van der Waals surface area (Å²) in [7, 11) is -4.40. The summed E-state index contributed by atoms with van der Waals surface area (Å²) in [6.07, 6.45) is 0.435. The molecule has 0 saturated heterocycles. The Labute approximate surface area is 120 Å². The van der Waals surface area contributed by atoms with Crippen LogP contribution in [0.4, 0.5) is 0 Å². The SMILES string of the molecule is C=COC(=O)CC(C)S(=O)(=O)[O-].[K+]. The topological polar surface area (TPSA) is 83.5 Å². The molecule has 7 heteroatoms. The smallest absolute Gasteiger partial charge is 0.748 e. The molecule has 13 heavy (non-hydrogen) atoms. The quantitative estimate of drug-likeness (QED) is 0.223. The Morgan fingerprint density at radius 3 is 2.46 bits per heavy atom. The molecule has 0 aromatic rings. The molecule has 0 spiro atoms. The molecule has 70 valence electrons. The fourth-order valence-corrected chi connectivity index (χ4v) is 0.818. The summed E-state index contributed by atoms with van der Waals surface area (Å²) in [5.74, 6) is -0.781. The van der Waals surface area contributed by atoms with Crippen LogP contribution in [0.3, 0.4) is 0 Å². The van der Waals surface area contributed by atoms with Crippen LogP contribution in [-0.2, 0) is 19.6 Å². The summed E-state index contributed by atoms with van der Waals surface area (Å²) in [5.41, 5.74) is 0. The zero-order valence-electron chi connectivity index (χ0n) is 7.52. The van der Waals surface area contributed by atoms with Crippen LogP contribution in [-0.4, -0.2) is 24.2 Å². The van der Waals surface area contributed by atoms with Gasteiger partial charge in [-0.3, -0.25) is 4.79 Å². The van der Waals surface area contributed by atoms with Crippen LogP contribution in [0.2, 0.25) is 0 Å². The number of hydrogen-bond donors (Lipinski definition) is 0. The third-order valence-corrected chi connectivity index (χ3v) is 2.31. The van der Waals surface area contributed by atoms with Crippen LogP contribution in [0, 0.1) is 0 Å². The van der Waals surface area contributed by atoms with Crippen molar-refractivity contribution in [1.82, 2.24) is 0 Å². The first-order valence-electron chi connectivity index (χ1n) is 3.13. The number of ether oxygens (including phenoxy) is 1. The molecule has 0 heterocycles. The van der Waals surface area contributed by atoms with Gasteiger partial charge in [-0.2, -0.15) is 0 Å². The molecule has 1 atom stereocenters. The summed E-state index contributed by atoms with van der Waals surface area (Å²) in [6.45, 7) is 4.25. The molecule has 5 nitrogen and oxygen atoms in total. The van der Waals surface area contributed by atoms with Crippen LogP contribution in [0.5, 0.6) is 0 Å². The fraction of sp³-hybridized carbons (Fsp3) is 0.500. The summed E-state index contributed by atoms with van der Waals surface area (Å²) in [6, 6.07) is 0. The van der Waals surface area contributed by atoms with Crippen molar-refractivity contribution < 1.29 is 73.9 Å². The van der Waals surface area contributed by atoms with Crippen LogP contribution in [0.25, 0.3) is 0 Å². The minimum absolute atomic E-state index is 0. The Morgan fingerprint density at radius 1 is 1.69 bits per heavy atom. The minimum Gasteiger partial charge on any atom is -0.748 e. The second-order valence-corrected chi connectivity index (χ2v) is 3.95. The number of hydrogen-bond acceptors (Lipinski definition) is 5. The molecular formula is C6H9KO5S. The third kappa shape index (κ3) is 7.80. The molecule has 0 aliphatic carbocycles. The molecule has 0 rings (SSSR count). The van der Waals surface area contributed by atoms with Gasteiger partial charge in [0, 0.05) is 0 Å². The van der Waals surface area contributed by atoms with E-state index in [1.54, 1.807) is 0 Å². The molecular weight excluding hydrogens is 223 g/mol. The predicted octanol–water partition coefficient (Wildman–Crippen LogP) is -3.00. The first kappa shape index (κ1) is 16.2. The number of carbonyl (C=O) groups excluding carboxylic acids is 1. The molecule has 0 aromatic carbocycles. The van der Waals surface area contributed by atoms with Gasteiger partial charge in [0.15, 0.2) is 0 Å². The molecule has 0 radical (unpaired) electrons. The summed E-state index contributed by atoms with van der Waals surface area (Å²) in [4.78, 5) is 10.6. The van der Waals surface area contributed by atoms with E-state index in [2.05, 4.69) is 11.3 Å². The Hall–Kier alpha value is 0.756. The minimum atomic E-state index is -4.40. The molecule has 0 aliphatic rings. The normalized spacial score (nSPS) is 12.5. The molecule has 1 unspecified atom stereocenters. The molecule has 0 N–H and O–H groups in total. The Morgan fingerprint density at radius 2 is 2.15 bits per heavy atom. The van der Waals surface area contributed by atoms with Crippen molar-refractivity contribution in [2.75, 3.05) is 0 Å². The van der Waals surface area contributed by atoms with Crippen molar-refractivity contribution in [3.8, 4) is 0 Å².